The fraction of sp³-hybridized carbons (Fsp3) is 0.938. The molecule has 116 valence electrons. The van der Waals surface area contributed by atoms with Crippen LogP contribution in [0.3, 0.4) is 0 Å². The quantitative estimate of drug-likeness (QED) is 0.787. The number of hydrogen-bond acceptors (Lipinski definition) is 3. The van der Waals surface area contributed by atoms with Crippen molar-refractivity contribution < 1.29 is 14.6 Å². The Morgan fingerprint density at radius 3 is 2.40 bits per heavy atom. The molecular formula is C16H29NO3. The van der Waals surface area contributed by atoms with Gasteiger partial charge in [0.1, 0.15) is 6.10 Å². The Bertz CT molecular complexity index is 294. The van der Waals surface area contributed by atoms with Crippen LogP contribution in [-0.4, -0.2) is 35.9 Å². The molecule has 1 amide bonds. The summed E-state index contributed by atoms with van der Waals surface area (Å²) in [6, 6.07) is 0.270. The van der Waals surface area contributed by atoms with Gasteiger partial charge in [-0.15, -0.1) is 0 Å². The van der Waals surface area contributed by atoms with Crippen molar-refractivity contribution in [3.8, 4) is 0 Å². The molecule has 4 nitrogen and oxygen atoms in total. The lowest BCUT2D eigenvalue weighted by Gasteiger charge is -2.29. The predicted molar refractivity (Wildman–Crippen MR) is 78.4 cm³/mol. The monoisotopic (exact) mass is 283 g/mol. The lowest BCUT2D eigenvalue weighted by molar-refractivity contribution is -0.137. The molecule has 0 radical (unpaired) electrons. The molecule has 2 aliphatic carbocycles. The smallest absolute Gasteiger partial charge is 0.249 e. The number of aliphatic hydroxyl groups is 1. The lowest BCUT2D eigenvalue weighted by atomic mass is 9.86. The van der Waals surface area contributed by atoms with Crippen LogP contribution in [0.15, 0.2) is 0 Å². The van der Waals surface area contributed by atoms with Crippen LogP contribution in [0, 0.1) is 5.92 Å². The van der Waals surface area contributed by atoms with Gasteiger partial charge in [-0.25, -0.2) is 0 Å². The maximum absolute atomic E-state index is 12.3. The molecular weight excluding hydrogens is 254 g/mol. The normalized spacial score (nSPS) is 29.3. The van der Waals surface area contributed by atoms with E-state index in [9.17, 15) is 4.79 Å². The first-order valence-electron chi connectivity index (χ1n) is 8.29. The van der Waals surface area contributed by atoms with Crippen molar-refractivity contribution in [3.63, 3.8) is 0 Å². The molecule has 2 fully saturated rings. The van der Waals surface area contributed by atoms with Crippen molar-refractivity contribution in [2.45, 2.75) is 83.0 Å². The second kappa shape index (κ2) is 7.99. The molecule has 2 saturated carbocycles. The Hall–Kier alpha value is -0.610. The molecule has 1 unspecified atom stereocenters. The van der Waals surface area contributed by atoms with Crippen LogP contribution in [0.25, 0.3) is 0 Å². The molecule has 0 aliphatic heterocycles. The van der Waals surface area contributed by atoms with Gasteiger partial charge in [0.15, 0.2) is 0 Å². The number of ether oxygens (including phenoxy) is 1. The van der Waals surface area contributed by atoms with Crippen molar-refractivity contribution in [1.29, 1.82) is 0 Å². The fourth-order valence-corrected chi connectivity index (χ4v) is 3.38. The summed E-state index contributed by atoms with van der Waals surface area (Å²) in [6.07, 6.45) is 9.41. The Kier molecular flexibility index (Phi) is 6.30. The first kappa shape index (κ1) is 15.8. The minimum atomic E-state index is -0.284. The summed E-state index contributed by atoms with van der Waals surface area (Å²) in [7, 11) is 0. The van der Waals surface area contributed by atoms with E-state index in [4.69, 9.17) is 9.84 Å². The maximum atomic E-state index is 12.3. The summed E-state index contributed by atoms with van der Waals surface area (Å²) in [5.74, 6) is 0.492. The van der Waals surface area contributed by atoms with E-state index in [0.717, 1.165) is 44.9 Å². The molecule has 1 atom stereocenters. The summed E-state index contributed by atoms with van der Waals surface area (Å²) in [4.78, 5) is 12.3. The second-order valence-electron chi connectivity index (χ2n) is 6.35. The van der Waals surface area contributed by atoms with Crippen LogP contribution < -0.4 is 5.32 Å². The van der Waals surface area contributed by atoms with Gasteiger partial charge in [-0.3, -0.25) is 4.79 Å². The highest BCUT2D eigenvalue weighted by molar-refractivity contribution is 5.81. The Morgan fingerprint density at radius 1 is 1.20 bits per heavy atom. The van der Waals surface area contributed by atoms with Crippen LogP contribution >= 0.6 is 0 Å². The zero-order chi connectivity index (χ0) is 14.4. The highest BCUT2D eigenvalue weighted by Gasteiger charge is 2.27. The standard InChI is InChI=1S/C16H29NO3/c1-2-15(20-14-5-3-4-6-14)16(19)17-13-9-7-12(11-18)8-10-13/h12-15,18H,2-11H2,1H3,(H,17,19). The van der Waals surface area contributed by atoms with E-state index in [2.05, 4.69) is 5.32 Å². The molecule has 0 aromatic heterocycles. The molecule has 2 aliphatic rings. The second-order valence-corrected chi connectivity index (χ2v) is 6.35. The number of amides is 1. The first-order valence-corrected chi connectivity index (χ1v) is 8.29. The van der Waals surface area contributed by atoms with Crippen LogP contribution in [0.4, 0.5) is 0 Å². The third-order valence-electron chi connectivity index (χ3n) is 4.77. The Labute approximate surface area is 122 Å². The van der Waals surface area contributed by atoms with Crippen LogP contribution in [0.1, 0.15) is 64.7 Å². The van der Waals surface area contributed by atoms with Gasteiger partial charge in [0.05, 0.1) is 6.10 Å². The van der Waals surface area contributed by atoms with E-state index in [0.29, 0.717) is 5.92 Å². The van der Waals surface area contributed by atoms with E-state index in [-0.39, 0.29) is 30.8 Å². The zero-order valence-electron chi connectivity index (χ0n) is 12.6. The molecule has 0 saturated heterocycles. The average Bonchev–Trinajstić information content (AvgIpc) is 2.98. The highest BCUT2D eigenvalue weighted by atomic mass is 16.5. The fourth-order valence-electron chi connectivity index (χ4n) is 3.38. The summed E-state index contributed by atoms with van der Waals surface area (Å²) in [5, 5.41) is 12.3. The van der Waals surface area contributed by atoms with E-state index in [1.54, 1.807) is 0 Å². The molecule has 0 bridgehead atoms. The van der Waals surface area contributed by atoms with Crippen LogP contribution in [0.2, 0.25) is 0 Å². The van der Waals surface area contributed by atoms with E-state index in [1.807, 2.05) is 6.92 Å². The van der Waals surface area contributed by atoms with Gasteiger partial charge in [-0.1, -0.05) is 19.8 Å². The Morgan fingerprint density at radius 2 is 1.85 bits per heavy atom. The van der Waals surface area contributed by atoms with Gasteiger partial charge in [0, 0.05) is 12.6 Å². The Balaban J connectivity index is 1.74. The van der Waals surface area contributed by atoms with Gasteiger partial charge in [-0.05, 0) is 50.9 Å². The molecule has 2 N–H and O–H groups in total. The van der Waals surface area contributed by atoms with Crippen LogP contribution in [0.5, 0.6) is 0 Å². The van der Waals surface area contributed by atoms with E-state index < -0.39 is 0 Å². The first-order chi connectivity index (χ1) is 9.72. The van der Waals surface area contributed by atoms with Gasteiger partial charge >= 0.3 is 0 Å². The summed E-state index contributed by atoms with van der Waals surface area (Å²) in [5.41, 5.74) is 0. The van der Waals surface area contributed by atoms with Crippen molar-refractivity contribution in [3.05, 3.63) is 0 Å². The molecule has 20 heavy (non-hydrogen) atoms. The number of aliphatic hydroxyl groups excluding tert-OH is 1. The summed E-state index contributed by atoms with van der Waals surface area (Å²) >= 11 is 0. The third-order valence-corrected chi connectivity index (χ3v) is 4.77. The number of carbonyl (C=O) groups excluding carboxylic acids is 1. The largest absolute Gasteiger partial charge is 0.396 e. The van der Waals surface area contributed by atoms with E-state index in [1.165, 1.54) is 12.8 Å². The average molecular weight is 283 g/mol. The molecule has 2 rings (SSSR count). The van der Waals surface area contributed by atoms with Crippen molar-refractivity contribution >= 4 is 5.91 Å². The number of rotatable bonds is 6. The number of carbonyl (C=O) groups is 1. The van der Waals surface area contributed by atoms with Crippen LogP contribution in [-0.2, 0) is 9.53 Å². The zero-order valence-corrected chi connectivity index (χ0v) is 12.6. The molecule has 0 spiro atoms. The number of nitrogens with one attached hydrogen (secondary N) is 1. The predicted octanol–water partition coefficient (Wildman–Crippen LogP) is 2.39. The number of hydrogen-bond donors (Lipinski definition) is 2. The van der Waals surface area contributed by atoms with Gasteiger partial charge < -0.3 is 15.2 Å². The lowest BCUT2D eigenvalue weighted by Crippen LogP contribution is -2.44. The van der Waals surface area contributed by atoms with E-state index >= 15 is 0 Å². The molecule has 0 aromatic carbocycles. The topological polar surface area (TPSA) is 58.6 Å². The van der Waals surface area contributed by atoms with Gasteiger partial charge in [0.25, 0.3) is 0 Å². The maximum Gasteiger partial charge on any atom is 0.249 e. The molecule has 0 heterocycles. The third kappa shape index (κ3) is 4.45. The molecule has 4 heteroatoms. The van der Waals surface area contributed by atoms with Crippen molar-refractivity contribution in [1.82, 2.24) is 5.32 Å². The highest BCUT2D eigenvalue weighted by Crippen LogP contribution is 2.25. The van der Waals surface area contributed by atoms with Gasteiger partial charge in [0.2, 0.25) is 5.91 Å². The van der Waals surface area contributed by atoms with Crippen molar-refractivity contribution in [2.24, 2.45) is 5.92 Å². The van der Waals surface area contributed by atoms with Crippen molar-refractivity contribution in [2.75, 3.05) is 6.61 Å². The summed E-state index contributed by atoms with van der Waals surface area (Å²) < 4.78 is 5.95. The van der Waals surface area contributed by atoms with Gasteiger partial charge in [-0.2, -0.15) is 0 Å². The SMILES string of the molecule is CCC(OC1CCCC1)C(=O)NC1CCC(CO)CC1. The minimum Gasteiger partial charge on any atom is -0.396 e. The minimum absolute atomic E-state index is 0.0619. The molecule has 0 aromatic rings. The summed E-state index contributed by atoms with van der Waals surface area (Å²) in [6.45, 7) is 2.30.